The molecule has 0 bridgehead atoms. The Kier molecular flexibility index (Phi) is 5.60. The maximum atomic E-state index is 12.2. The highest BCUT2D eigenvalue weighted by Crippen LogP contribution is 2.32. The van der Waals surface area contributed by atoms with Gasteiger partial charge in [-0.3, -0.25) is 9.47 Å². The number of carbonyl (C=O) groups is 1. The van der Waals surface area contributed by atoms with E-state index in [0.29, 0.717) is 17.4 Å². The van der Waals surface area contributed by atoms with E-state index in [0.717, 1.165) is 36.2 Å². The Morgan fingerprint density at radius 2 is 1.85 bits per heavy atom. The molecule has 0 saturated heterocycles. The minimum absolute atomic E-state index is 0.323. The van der Waals surface area contributed by atoms with Gasteiger partial charge in [-0.05, 0) is 60.4 Å². The van der Waals surface area contributed by atoms with Crippen molar-refractivity contribution in [3.05, 3.63) is 89.2 Å². The molecule has 1 aliphatic rings. The molecule has 4 aromatic rings. The number of para-hydroxylation sites is 3. The number of esters is 1. The van der Waals surface area contributed by atoms with Gasteiger partial charge in [0.1, 0.15) is 17.6 Å². The molecule has 0 spiro atoms. The van der Waals surface area contributed by atoms with E-state index in [1.165, 1.54) is 23.8 Å². The van der Waals surface area contributed by atoms with Gasteiger partial charge in [0.15, 0.2) is 0 Å². The van der Waals surface area contributed by atoms with E-state index >= 15 is 0 Å². The lowest BCUT2D eigenvalue weighted by Crippen LogP contribution is -2.38. The lowest BCUT2D eigenvalue weighted by molar-refractivity contribution is 0.0596. The molecule has 0 aliphatic carbocycles. The Morgan fingerprint density at radius 1 is 1.06 bits per heavy atom. The van der Waals surface area contributed by atoms with E-state index in [4.69, 9.17) is 9.47 Å². The summed E-state index contributed by atoms with van der Waals surface area (Å²) in [6.45, 7) is 3.83. The number of hydrogen-bond donors (Lipinski definition) is 0. The molecule has 1 atom stereocenters. The number of aromatic nitrogens is 2. The summed E-state index contributed by atoms with van der Waals surface area (Å²) in [4.78, 5) is 19.2. The van der Waals surface area contributed by atoms with Gasteiger partial charge in [0.2, 0.25) is 0 Å². The fourth-order valence-corrected chi connectivity index (χ4v) is 4.73. The maximum absolute atomic E-state index is 12.2. The summed E-state index contributed by atoms with van der Waals surface area (Å²) in [6, 6.07) is 20.9. The van der Waals surface area contributed by atoms with Gasteiger partial charge in [0.05, 0.1) is 30.9 Å². The van der Waals surface area contributed by atoms with Crippen LogP contribution in [-0.4, -0.2) is 40.7 Å². The number of imidazole rings is 1. The lowest BCUT2D eigenvalue weighted by Gasteiger charge is -2.35. The number of rotatable bonds is 5. The number of ether oxygens (including phenoxy) is 2. The predicted octanol–water partition coefficient (Wildman–Crippen LogP) is 4.77. The molecule has 5 rings (SSSR count). The minimum Gasteiger partial charge on any atom is -0.496 e. The fraction of sp³-hybridized carbons (Fsp3) is 0.259. The minimum atomic E-state index is -0.369. The van der Waals surface area contributed by atoms with Crippen molar-refractivity contribution in [3.8, 4) is 11.4 Å². The van der Waals surface area contributed by atoms with E-state index in [9.17, 15) is 4.79 Å². The molecule has 6 nitrogen and oxygen atoms in total. The summed E-state index contributed by atoms with van der Waals surface area (Å²) in [5.74, 6) is 0.187. The second kappa shape index (κ2) is 8.71. The first-order chi connectivity index (χ1) is 16.1. The normalized spacial score (nSPS) is 15.9. The van der Waals surface area contributed by atoms with E-state index < -0.39 is 0 Å². The molecule has 0 saturated carbocycles. The first kappa shape index (κ1) is 21.2. The van der Waals surface area contributed by atoms with Crippen LogP contribution in [0.3, 0.4) is 0 Å². The molecule has 0 N–H and O–H groups in total. The van der Waals surface area contributed by atoms with Gasteiger partial charge in [-0.25, -0.2) is 9.78 Å². The van der Waals surface area contributed by atoms with Crippen LogP contribution in [0.25, 0.3) is 16.7 Å². The van der Waals surface area contributed by atoms with Gasteiger partial charge < -0.3 is 9.47 Å². The third-order valence-corrected chi connectivity index (χ3v) is 6.52. The van der Waals surface area contributed by atoms with Crippen molar-refractivity contribution in [2.24, 2.45) is 0 Å². The molecule has 0 amide bonds. The van der Waals surface area contributed by atoms with Crippen molar-refractivity contribution in [2.75, 3.05) is 14.2 Å². The van der Waals surface area contributed by atoms with Gasteiger partial charge in [-0.15, -0.1) is 0 Å². The molecule has 0 radical (unpaired) electrons. The van der Waals surface area contributed by atoms with Crippen molar-refractivity contribution in [1.82, 2.24) is 14.5 Å². The molecule has 1 unspecified atom stereocenters. The quantitative estimate of drug-likeness (QED) is 0.418. The first-order valence-electron chi connectivity index (χ1n) is 11.1. The zero-order valence-electron chi connectivity index (χ0n) is 19.1. The van der Waals surface area contributed by atoms with Crippen LogP contribution in [-0.2, 0) is 24.2 Å². The molecular formula is C27H27N3O3. The first-order valence-corrected chi connectivity index (χ1v) is 11.1. The number of fused-ring (bicyclic) bond motifs is 2. The molecular weight excluding hydrogens is 414 g/mol. The molecule has 33 heavy (non-hydrogen) atoms. The number of benzene rings is 3. The van der Waals surface area contributed by atoms with Crippen LogP contribution in [0, 0.1) is 0 Å². The molecule has 6 heteroatoms. The van der Waals surface area contributed by atoms with Crippen molar-refractivity contribution in [3.63, 3.8) is 0 Å². The van der Waals surface area contributed by atoms with E-state index in [1.54, 1.807) is 7.11 Å². The largest absolute Gasteiger partial charge is 0.496 e. The zero-order valence-corrected chi connectivity index (χ0v) is 19.1. The summed E-state index contributed by atoms with van der Waals surface area (Å²) in [7, 11) is 2.98. The van der Waals surface area contributed by atoms with E-state index in [-0.39, 0.29) is 5.97 Å². The van der Waals surface area contributed by atoms with Crippen LogP contribution in [0.15, 0.2) is 67.0 Å². The average molecular weight is 442 g/mol. The highest BCUT2D eigenvalue weighted by atomic mass is 16.5. The van der Waals surface area contributed by atoms with E-state index in [2.05, 4.69) is 51.7 Å². The lowest BCUT2D eigenvalue weighted by atomic mass is 9.92. The van der Waals surface area contributed by atoms with Gasteiger partial charge in [0.25, 0.3) is 0 Å². The van der Waals surface area contributed by atoms with Crippen LogP contribution in [0.4, 0.5) is 0 Å². The zero-order chi connectivity index (χ0) is 22.9. The summed E-state index contributed by atoms with van der Waals surface area (Å²) >= 11 is 0. The topological polar surface area (TPSA) is 56.6 Å². The second-order valence-electron chi connectivity index (χ2n) is 8.50. The Bertz CT molecular complexity index is 1330. The summed E-state index contributed by atoms with van der Waals surface area (Å²) in [5, 5.41) is 0. The molecule has 1 aliphatic heterocycles. The molecule has 2 heterocycles. The van der Waals surface area contributed by atoms with Crippen molar-refractivity contribution >= 4 is 17.0 Å². The van der Waals surface area contributed by atoms with E-state index in [1.807, 2.05) is 36.7 Å². The maximum Gasteiger partial charge on any atom is 0.341 e. The molecule has 168 valence electrons. The van der Waals surface area contributed by atoms with Crippen LogP contribution in [0.5, 0.6) is 5.75 Å². The van der Waals surface area contributed by atoms with Gasteiger partial charge >= 0.3 is 5.97 Å². The third kappa shape index (κ3) is 3.87. The fourth-order valence-electron chi connectivity index (χ4n) is 4.73. The highest BCUT2D eigenvalue weighted by molar-refractivity contribution is 5.93. The highest BCUT2D eigenvalue weighted by Gasteiger charge is 2.27. The number of hydrogen-bond acceptors (Lipinski definition) is 5. The second-order valence-corrected chi connectivity index (χ2v) is 8.50. The molecule has 0 fully saturated rings. The Morgan fingerprint density at radius 3 is 2.67 bits per heavy atom. The number of carbonyl (C=O) groups excluding carboxylic acids is 1. The molecule has 3 aromatic carbocycles. The number of nitrogens with zero attached hydrogens (tertiary/aromatic N) is 3. The SMILES string of the molecule is COC(=O)c1cc2c(cc1OC)CN(Cc1ccccc1-n1cnc3ccccc31)C(C)C2. The Hall–Kier alpha value is -3.64. The van der Waals surface area contributed by atoms with Crippen LogP contribution in [0.1, 0.15) is 34.0 Å². The van der Waals surface area contributed by atoms with Crippen LogP contribution in [0.2, 0.25) is 0 Å². The van der Waals surface area contributed by atoms with Gasteiger partial charge in [0, 0.05) is 19.1 Å². The van der Waals surface area contributed by atoms with Crippen molar-refractivity contribution in [1.29, 1.82) is 0 Å². The number of methoxy groups -OCH3 is 2. The smallest absolute Gasteiger partial charge is 0.341 e. The summed E-state index contributed by atoms with van der Waals surface area (Å²) in [6.07, 6.45) is 2.76. The predicted molar refractivity (Wildman–Crippen MR) is 128 cm³/mol. The summed E-state index contributed by atoms with van der Waals surface area (Å²) in [5.41, 5.74) is 7.31. The van der Waals surface area contributed by atoms with Crippen molar-refractivity contribution in [2.45, 2.75) is 32.5 Å². The molecule has 1 aromatic heterocycles. The van der Waals surface area contributed by atoms with Crippen molar-refractivity contribution < 1.29 is 14.3 Å². The van der Waals surface area contributed by atoms with Crippen LogP contribution >= 0.6 is 0 Å². The van der Waals surface area contributed by atoms with Gasteiger partial charge in [-0.1, -0.05) is 30.3 Å². The Labute approximate surface area is 193 Å². The van der Waals surface area contributed by atoms with Crippen LogP contribution < -0.4 is 4.74 Å². The standard InChI is InChI=1S/C27H27N3O3/c1-18-12-20-13-22(27(31)33-3)26(32-2)14-21(20)16-29(18)15-19-8-4-6-10-24(19)30-17-28-23-9-5-7-11-25(23)30/h4-11,13-14,17-18H,12,15-16H2,1-3H3. The van der Waals surface area contributed by atoms with Gasteiger partial charge in [-0.2, -0.15) is 0 Å². The monoisotopic (exact) mass is 441 g/mol. The third-order valence-electron chi connectivity index (χ3n) is 6.52. The average Bonchev–Trinajstić information content (AvgIpc) is 3.27. The summed E-state index contributed by atoms with van der Waals surface area (Å²) < 4.78 is 12.6. The Balaban J connectivity index is 1.47.